The Labute approximate surface area is 122 Å². The van der Waals surface area contributed by atoms with E-state index in [1.165, 1.54) is 0 Å². The fourth-order valence-corrected chi connectivity index (χ4v) is 2.93. The van der Waals surface area contributed by atoms with Gasteiger partial charge in [0.05, 0.1) is 0 Å². The number of carbonyl (C=O) groups is 1. The van der Waals surface area contributed by atoms with Gasteiger partial charge in [0.1, 0.15) is 0 Å². The van der Waals surface area contributed by atoms with Crippen molar-refractivity contribution in [3.05, 3.63) is 33.8 Å². The van der Waals surface area contributed by atoms with Gasteiger partial charge in [0, 0.05) is 23.1 Å². The van der Waals surface area contributed by atoms with Crippen LogP contribution in [-0.2, 0) is 0 Å². The monoisotopic (exact) mass is 329 g/mol. The van der Waals surface area contributed by atoms with Crippen LogP contribution in [0.15, 0.2) is 22.7 Å². The molecule has 2 nitrogen and oxygen atoms in total. The smallest absolute Gasteiger partial charge is 0.253 e. The number of carbonyl (C=O) groups excluding carboxylic acids is 1. The fourth-order valence-electron chi connectivity index (χ4n) is 1.75. The molecule has 0 aliphatic rings. The van der Waals surface area contributed by atoms with Gasteiger partial charge in [0.25, 0.3) is 5.91 Å². The van der Waals surface area contributed by atoms with Crippen LogP contribution in [-0.4, -0.2) is 35.9 Å². The Bertz CT molecular complexity index is 402. The van der Waals surface area contributed by atoms with E-state index in [0.29, 0.717) is 0 Å². The largest absolute Gasteiger partial charge is 0.339 e. The molecular formula is C14H20BrNOS. The third-order valence-corrected chi connectivity index (χ3v) is 4.11. The first kappa shape index (κ1) is 15.6. The van der Waals surface area contributed by atoms with Gasteiger partial charge in [0.2, 0.25) is 0 Å². The van der Waals surface area contributed by atoms with E-state index < -0.39 is 0 Å². The fraction of sp³-hybridized carbons (Fsp3) is 0.500. The second-order valence-electron chi connectivity index (χ2n) is 4.56. The standard InChI is InChI=1S/C14H20BrNOS/c1-10-7-12(9-13(15)8-10)14(17)16(3)11(2)5-6-18-4/h7-9,11H,5-6H2,1-4H3. The molecule has 0 heterocycles. The van der Waals surface area contributed by atoms with E-state index in [4.69, 9.17) is 0 Å². The number of aryl methyl sites for hydroxylation is 1. The maximum atomic E-state index is 12.4. The normalized spacial score (nSPS) is 12.3. The molecule has 4 heteroatoms. The molecule has 0 spiro atoms. The molecule has 0 radical (unpaired) electrons. The summed E-state index contributed by atoms with van der Waals surface area (Å²) >= 11 is 5.25. The highest BCUT2D eigenvalue weighted by atomic mass is 79.9. The van der Waals surface area contributed by atoms with Crippen molar-refractivity contribution in [1.29, 1.82) is 0 Å². The summed E-state index contributed by atoms with van der Waals surface area (Å²) in [5.41, 5.74) is 1.85. The number of halogens is 1. The maximum Gasteiger partial charge on any atom is 0.253 e. The minimum Gasteiger partial charge on any atom is -0.339 e. The van der Waals surface area contributed by atoms with Crippen molar-refractivity contribution < 1.29 is 4.79 Å². The molecule has 0 saturated heterocycles. The summed E-state index contributed by atoms with van der Waals surface area (Å²) in [6, 6.07) is 6.09. The molecule has 0 saturated carbocycles. The highest BCUT2D eigenvalue weighted by Gasteiger charge is 2.17. The summed E-state index contributed by atoms with van der Waals surface area (Å²) < 4.78 is 0.955. The van der Waals surface area contributed by atoms with Crippen molar-refractivity contribution >= 4 is 33.6 Å². The molecule has 100 valence electrons. The molecule has 1 amide bonds. The third kappa shape index (κ3) is 4.32. The van der Waals surface area contributed by atoms with E-state index in [-0.39, 0.29) is 11.9 Å². The summed E-state index contributed by atoms with van der Waals surface area (Å²) in [4.78, 5) is 14.2. The van der Waals surface area contributed by atoms with Crippen LogP contribution in [0.1, 0.15) is 29.3 Å². The molecule has 1 rings (SSSR count). The zero-order valence-electron chi connectivity index (χ0n) is 11.4. The zero-order valence-corrected chi connectivity index (χ0v) is 13.8. The average molecular weight is 330 g/mol. The molecular weight excluding hydrogens is 310 g/mol. The highest BCUT2D eigenvalue weighted by Crippen LogP contribution is 2.18. The van der Waals surface area contributed by atoms with Gasteiger partial charge in [0.15, 0.2) is 0 Å². The van der Waals surface area contributed by atoms with Crippen molar-refractivity contribution in [1.82, 2.24) is 4.90 Å². The Balaban J connectivity index is 2.79. The van der Waals surface area contributed by atoms with Gasteiger partial charge >= 0.3 is 0 Å². The topological polar surface area (TPSA) is 20.3 Å². The van der Waals surface area contributed by atoms with Crippen molar-refractivity contribution in [2.75, 3.05) is 19.1 Å². The second-order valence-corrected chi connectivity index (χ2v) is 6.47. The van der Waals surface area contributed by atoms with Crippen LogP contribution in [0.25, 0.3) is 0 Å². The number of thioether (sulfide) groups is 1. The third-order valence-electron chi connectivity index (χ3n) is 3.01. The molecule has 0 aliphatic heterocycles. The van der Waals surface area contributed by atoms with Crippen LogP contribution in [0.5, 0.6) is 0 Å². The quantitative estimate of drug-likeness (QED) is 0.814. The van der Waals surface area contributed by atoms with Crippen LogP contribution in [0.4, 0.5) is 0 Å². The van der Waals surface area contributed by atoms with E-state index in [0.717, 1.165) is 27.8 Å². The SMILES string of the molecule is CSCCC(C)N(C)C(=O)c1cc(C)cc(Br)c1. The van der Waals surface area contributed by atoms with Gasteiger partial charge in [-0.3, -0.25) is 4.79 Å². The van der Waals surface area contributed by atoms with Gasteiger partial charge in [-0.25, -0.2) is 0 Å². The Kier molecular flexibility index (Phi) is 6.22. The minimum atomic E-state index is 0.0907. The van der Waals surface area contributed by atoms with Gasteiger partial charge in [-0.05, 0) is 56.0 Å². The lowest BCUT2D eigenvalue weighted by atomic mass is 10.1. The molecule has 1 atom stereocenters. The summed E-state index contributed by atoms with van der Waals surface area (Å²) in [6.45, 7) is 4.09. The lowest BCUT2D eigenvalue weighted by molar-refractivity contribution is 0.0741. The Morgan fingerprint density at radius 1 is 1.44 bits per heavy atom. The van der Waals surface area contributed by atoms with Crippen molar-refractivity contribution in [3.8, 4) is 0 Å². The molecule has 0 aliphatic carbocycles. The first-order valence-electron chi connectivity index (χ1n) is 5.99. The van der Waals surface area contributed by atoms with Crippen LogP contribution in [0.3, 0.4) is 0 Å². The number of hydrogen-bond acceptors (Lipinski definition) is 2. The molecule has 1 aromatic rings. The summed E-state index contributed by atoms with van der Waals surface area (Å²) in [6.07, 6.45) is 3.11. The predicted octanol–water partition coefficient (Wildman–Crippen LogP) is 3.97. The van der Waals surface area contributed by atoms with Crippen LogP contribution in [0.2, 0.25) is 0 Å². The molecule has 1 aromatic carbocycles. The summed E-state index contributed by atoms with van der Waals surface area (Å²) in [7, 11) is 1.88. The predicted molar refractivity (Wildman–Crippen MR) is 83.4 cm³/mol. The molecule has 0 bridgehead atoms. The number of benzene rings is 1. The van der Waals surface area contributed by atoms with E-state index in [2.05, 4.69) is 29.1 Å². The van der Waals surface area contributed by atoms with E-state index >= 15 is 0 Å². The number of hydrogen-bond donors (Lipinski definition) is 0. The Morgan fingerprint density at radius 3 is 2.67 bits per heavy atom. The molecule has 1 unspecified atom stereocenters. The van der Waals surface area contributed by atoms with Gasteiger partial charge < -0.3 is 4.90 Å². The van der Waals surface area contributed by atoms with Crippen molar-refractivity contribution in [2.24, 2.45) is 0 Å². The number of nitrogens with zero attached hydrogens (tertiary/aromatic N) is 1. The van der Waals surface area contributed by atoms with Crippen LogP contribution in [0, 0.1) is 6.92 Å². The highest BCUT2D eigenvalue weighted by molar-refractivity contribution is 9.10. The summed E-state index contributed by atoms with van der Waals surface area (Å²) in [5, 5.41) is 0. The summed E-state index contributed by atoms with van der Waals surface area (Å²) in [5.74, 6) is 1.17. The van der Waals surface area contributed by atoms with Gasteiger partial charge in [-0.1, -0.05) is 15.9 Å². The molecule has 0 aromatic heterocycles. The minimum absolute atomic E-state index is 0.0907. The van der Waals surface area contributed by atoms with Crippen LogP contribution < -0.4 is 0 Å². The van der Waals surface area contributed by atoms with Crippen molar-refractivity contribution in [3.63, 3.8) is 0 Å². The lowest BCUT2D eigenvalue weighted by Crippen LogP contribution is -2.35. The lowest BCUT2D eigenvalue weighted by Gasteiger charge is -2.25. The Hall–Kier alpha value is -0.480. The maximum absolute atomic E-state index is 12.4. The number of rotatable bonds is 5. The molecule has 18 heavy (non-hydrogen) atoms. The molecule has 0 fully saturated rings. The Morgan fingerprint density at radius 2 is 2.11 bits per heavy atom. The number of amides is 1. The first-order chi connectivity index (χ1) is 8.45. The van der Waals surface area contributed by atoms with E-state index in [1.54, 1.807) is 0 Å². The van der Waals surface area contributed by atoms with Crippen LogP contribution >= 0.6 is 27.7 Å². The van der Waals surface area contributed by atoms with Crippen molar-refractivity contribution in [2.45, 2.75) is 26.3 Å². The van der Waals surface area contributed by atoms with E-state index in [1.807, 2.05) is 48.8 Å². The average Bonchev–Trinajstić information content (AvgIpc) is 2.32. The first-order valence-corrected chi connectivity index (χ1v) is 8.17. The van der Waals surface area contributed by atoms with Gasteiger partial charge in [-0.15, -0.1) is 0 Å². The molecule has 0 N–H and O–H groups in total. The van der Waals surface area contributed by atoms with Gasteiger partial charge in [-0.2, -0.15) is 11.8 Å². The second kappa shape index (κ2) is 7.19. The van der Waals surface area contributed by atoms with E-state index in [9.17, 15) is 4.79 Å². The zero-order chi connectivity index (χ0) is 13.7.